The Bertz CT molecular complexity index is 1090. The number of methoxy groups -OCH3 is 2. The number of benzene rings is 2. The van der Waals surface area contributed by atoms with Gasteiger partial charge in [-0.15, -0.1) is 11.6 Å². The predicted octanol–water partition coefficient (Wildman–Crippen LogP) is 5.04. The van der Waals surface area contributed by atoms with Gasteiger partial charge < -0.3 is 34.7 Å². The van der Waals surface area contributed by atoms with Crippen LogP contribution in [0.5, 0.6) is 5.75 Å². The van der Waals surface area contributed by atoms with Crippen LogP contribution in [0.4, 0.5) is 16.2 Å². The van der Waals surface area contributed by atoms with Gasteiger partial charge in [0.1, 0.15) is 5.75 Å². The lowest BCUT2D eigenvalue weighted by molar-refractivity contribution is 0.127. The first kappa shape index (κ1) is 26.7. The first-order valence-corrected chi connectivity index (χ1v) is 12.3. The van der Waals surface area contributed by atoms with Gasteiger partial charge in [0.15, 0.2) is 0 Å². The van der Waals surface area contributed by atoms with E-state index in [4.69, 9.17) is 31.5 Å². The van der Waals surface area contributed by atoms with Crippen LogP contribution in [0.1, 0.15) is 13.3 Å². The van der Waals surface area contributed by atoms with Crippen LogP contribution in [-0.2, 0) is 16.0 Å². The molecule has 2 aromatic carbocycles. The summed E-state index contributed by atoms with van der Waals surface area (Å²) in [5, 5.41) is 3.93. The van der Waals surface area contributed by atoms with E-state index in [9.17, 15) is 4.79 Å². The fourth-order valence-corrected chi connectivity index (χ4v) is 4.07. The number of nitrogen functional groups attached to an aromatic ring is 1. The number of carbonyl (C=O) groups excluding carboxylic acids is 1. The summed E-state index contributed by atoms with van der Waals surface area (Å²) in [6.07, 6.45) is 0.793. The zero-order valence-electron chi connectivity index (χ0n) is 20.7. The quantitative estimate of drug-likeness (QED) is 0.252. The lowest BCUT2D eigenvalue weighted by Crippen LogP contribution is -2.39. The molecule has 1 heterocycles. The number of hydrogen-bond acceptors (Lipinski definition) is 5. The van der Waals surface area contributed by atoms with Gasteiger partial charge in [-0.25, -0.2) is 4.79 Å². The van der Waals surface area contributed by atoms with Crippen molar-refractivity contribution in [3.63, 3.8) is 0 Å². The van der Waals surface area contributed by atoms with Crippen molar-refractivity contribution in [2.24, 2.45) is 0 Å². The van der Waals surface area contributed by atoms with Crippen LogP contribution >= 0.6 is 11.6 Å². The number of nitrogens with two attached hydrogens (primary N) is 1. The lowest BCUT2D eigenvalue weighted by atomic mass is 10.1. The summed E-state index contributed by atoms with van der Waals surface area (Å²) in [5.74, 6) is 1.37. The molecule has 8 nitrogen and oxygen atoms in total. The molecule has 0 aliphatic heterocycles. The Morgan fingerprint density at radius 3 is 2.34 bits per heavy atom. The van der Waals surface area contributed by atoms with Gasteiger partial charge in [0.2, 0.25) is 0 Å². The number of nitrogens with zero attached hydrogens (tertiary/aromatic N) is 2. The number of hydrogen-bond donors (Lipinski definition) is 2. The van der Waals surface area contributed by atoms with Crippen LogP contribution in [0.3, 0.4) is 0 Å². The molecule has 0 unspecified atom stereocenters. The number of fused-ring (bicyclic) bond motifs is 1. The number of ether oxygens (including phenoxy) is 3. The molecule has 3 aromatic rings. The summed E-state index contributed by atoms with van der Waals surface area (Å²) in [7, 11) is 3.23. The summed E-state index contributed by atoms with van der Waals surface area (Å²) >= 11 is 5.76. The Morgan fingerprint density at radius 1 is 1.06 bits per heavy atom. The minimum Gasteiger partial charge on any atom is -0.493 e. The van der Waals surface area contributed by atoms with E-state index in [0.29, 0.717) is 44.5 Å². The Morgan fingerprint density at radius 2 is 1.74 bits per heavy atom. The van der Waals surface area contributed by atoms with E-state index in [0.717, 1.165) is 46.6 Å². The Kier molecular flexibility index (Phi) is 10.1. The number of amides is 2. The smallest absolute Gasteiger partial charge is 0.321 e. The Balaban J connectivity index is 1.82. The minimum atomic E-state index is -0.198. The number of carbonyl (C=O) groups is 1. The van der Waals surface area contributed by atoms with Gasteiger partial charge in [0.05, 0.1) is 36.7 Å². The maximum absolute atomic E-state index is 12.7. The fraction of sp³-hybridized carbons (Fsp3) is 0.423. The molecule has 0 spiro atoms. The molecule has 0 aliphatic rings. The van der Waals surface area contributed by atoms with Crippen molar-refractivity contribution in [3.8, 4) is 17.0 Å². The molecule has 0 bridgehead atoms. The average Bonchev–Trinajstić information content (AvgIpc) is 3.15. The van der Waals surface area contributed by atoms with Gasteiger partial charge in [-0.1, -0.05) is 12.1 Å². The van der Waals surface area contributed by atoms with E-state index in [1.807, 2.05) is 42.5 Å². The molecular formula is C26H35ClN4O4. The number of urea groups is 1. The van der Waals surface area contributed by atoms with Gasteiger partial charge >= 0.3 is 6.03 Å². The zero-order valence-corrected chi connectivity index (χ0v) is 21.4. The third kappa shape index (κ3) is 6.60. The molecule has 0 aliphatic carbocycles. The van der Waals surface area contributed by atoms with Crippen molar-refractivity contribution < 1.29 is 19.0 Å². The second kappa shape index (κ2) is 13.2. The maximum atomic E-state index is 12.7. The molecule has 9 heteroatoms. The first-order chi connectivity index (χ1) is 17.0. The molecule has 0 atom stereocenters. The highest BCUT2D eigenvalue weighted by Gasteiger charge is 2.17. The molecule has 0 fully saturated rings. The second-order valence-electron chi connectivity index (χ2n) is 8.06. The van der Waals surface area contributed by atoms with Crippen LogP contribution in [0.25, 0.3) is 22.2 Å². The van der Waals surface area contributed by atoms with Gasteiger partial charge in [-0.05, 0) is 37.6 Å². The highest BCUT2D eigenvalue weighted by atomic mass is 35.5. The molecule has 0 radical (unpaired) electrons. The highest BCUT2D eigenvalue weighted by Crippen LogP contribution is 2.38. The summed E-state index contributed by atoms with van der Waals surface area (Å²) < 4.78 is 18.3. The molecule has 35 heavy (non-hydrogen) atoms. The number of halogens is 1. The fourth-order valence-electron chi connectivity index (χ4n) is 3.96. The number of rotatable bonds is 13. The average molecular weight is 503 g/mol. The van der Waals surface area contributed by atoms with E-state index in [2.05, 4.69) is 16.8 Å². The number of aryl methyl sites for hydroxylation is 1. The first-order valence-electron chi connectivity index (χ1n) is 11.8. The lowest BCUT2D eigenvalue weighted by Gasteiger charge is -2.22. The third-order valence-electron chi connectivity index (χ3n) is 5.77. The predicted molar refractivity (Wildman–Crippen MR) is 143 cm³/mol. The molecule has 190 valence electrons. The van der Waals surface area contributed by atoms with Gasteiger partial charge in [0, 0.05) is 62.4 Å². The summed E-state index contributed by atoms with van der Waals surface area (Å²) in [4.78, 5) is 14.4. The topological polar surface area (TPSA) is 91.0 Å². The minimum absolute atomic E-state index is 0.198. The Labute approximate surface area is 211 Å². The van der Waals surface area contributed by atoms with Crippen LogP contribution < -0.4 is 15.8 Å². The van der Waals surface area contributed by atoms with Gasteiger partial charge in [-0.2, -0.15) is 0 Å². The van der Waals surface area contributed by atoms with Crippen molar-refractivity contribution in [1.29, 1.82) is 0 Å². The third-order valence-corrected chi connectivity index (χ3v) is 6.03. The highest BCUT2D eigenvalue weighted by molar-refractivity contribution is 6.17. The van der Waals surface area contributed by atoms with Crippen LogP contribution in [-0.4, -0.2) is 68.5 Å². The van der Waals surface area contributed by atoms with Crippen LogP contribution in [0, 0.1) is 0 Å². The second-order valence-corrected chi connectivity index (χ2v) is 8.43. The van der Waals surface area contributed by atoms with Gasteiger partial charge in [0.25, 0.3) is 0 Å². The monoisotopic (exact) mass is 502 g/mol. The van der Waals surface area contributed by atoms with E-state index in [1.54, 1.807) is 19.1 Å². The standard InChI is InChI=1S/C26H35ClN4O4/c1-4-31-23-18-21(35-15-5-12-27)10-11-22(23)24(28)25(31)19-6-8-20(9-7-19)29-26(32)30(13-16-33-2)14-17-34-3/h6-11,18H,4-5,12-17,28H2,1-3H3,(H,29,32). The van der Waals surface area contributed by atoms with Gasteiger partial charge in [-0.3, -0.25) is 0 Å². The number of alkyl halides is 1. The molecule has 0 saturated carbocycles. The van der Waals surface area contributed by atoms with Crippen molar-refractivity contribution in [3.05, 3.63) is 42.5 Å². The molecule has 0 saturated heterocycles. The van der Waals surface area contributed by atoms with E-state index >= 15 is 0 Å². The molecule has 1 aromatic heterocycles. The number of aromatic nitrogens is 1. The van der Waals surface area contributed by atoms with E-state index < -0.39 is 0 Å². The molecular weight excluding hydrogens is 468 g/mol. The largest absolute Gasteiger partial charge is 0.493 e. The van der Waals surface area contributed by atoms with Crippen molar-refractivity contribution in [2.45, 2.75) is 19.9 Å². The summed E-state index contributed by atoms with van der Waals surface area (Å²) in [6.45, 7) is 5.29. The van der Waals surface area contributed by atoms with Crippen molar-refractivity contribution >= 4 is 39.9 Å². The van der Waals surface area contributed by atoms with E-state index in [1.165, 1.54) is 0 Å². The maximum Gasteiger partial charge on any atom is 0.321 e. The van der Waals surface area contributed by atoms with Crippen molar-refractivity contribution in [1.82, 2.24) is 9.47 Å². The number of nitrogens with one attached hydrogen (secondary N) is 1. The van der Waals surface area contributed by atoms with Crippen LogP contribution in [0.15, 0.2) is 42.5 Å². The number of anilines is 2. The zero-order chi connectivity index (χ0) is 25.2. The SMILES string of the molecule is CCn1c(-c2ccc(NC(=O)N(CCOC)CCOC)cc2)c(N)c2ccc(OCCCCl)cc21. The molecule has 2 amide bonds. The summed E-state index contributed by atoms with van der Waals surface area (Å²) in [6, 6.07) is 13.5. The Hall–Kier alpha value is -2.94. The summed E-state index contributed by atoms with van der Waals surface area (Å²) in [5.41, 5.74) is 10.9. The van der Waals surface area contributed by atoms with E-state index in [-0.39, 0.29) is 6.03 Å². The molecule has 3 rings (SSSR count). The normalized spacial score (nSPS) is 11.1. The van der Waals surface area contributed by atoms with Crippen LogP contribution in [0.2, 0.25) is 0 Å². The molecule has 3 N–H and O–H groups in total. The van der Waals surface area contributed by atoms with Crippen molar-refractivity contribution in [2.75, 3.05) is 64.1 Å².